The number of nitrogens with zero attached hydrogens (tertiary/aromatic N) is 8. The molecule has 16 nitrogen and oxygen atoms in total. The zero-order valence-electron chi connectivity index (χ0n) is 40.9. The summed E-state index contributed by atoms with van der Waals surface area (Å²) in [5, 5.41) is 2.77. The molecule has 0 unspecified atom stereocenters. The number of hydrogen-bond acceptors (Lipinski definition) is 14. The average Bonchev–Trinajstić information content (AvgIpc) is 3.76. The molecule has 4 aromatic rings. The lowest BCUT2D eigenvalue weighted by atomic mass is 10.2. The summed E-state index contributed by atoms with van der Waals surface area (Å²) in [4.78, 5) is 51.1. The Morgan fingerprint density at radius 1 is 0.603 bits per heavy atom. The number of amides is 2. The summed E-state index contributed by atoms with van der Waals surface area (Å²) >= 11 is 12.7. The van der Waals surface area contributed by atoms with Crippen LogP contribution in [-0.2, 0) is 27.8 Å². The van der Waals surface area contributed by atoms with Gasteiger partial charge >= 0.3 is 12.2 Å². The molecule has 4 aliphatic heterocycles. The summed E-state index contributed by atoms with van der Waals surface area (Å²) in [6.07, 6.45) is -1.63. The smallest absolute Gasteiger partial charge is 0.416 e. The van der Waals surface area contributed by atoms with Gasteiger partial charge in [-0.05, 0) is 47.4 Å². The van der Waals surface area contributed by atoms with Crippen LogP contribution in [0.1, 0.15) is 55.4 Å². The Hall–Kier alpha value is -4.41. The molecule has 20 heteroatoms. The Labute approximate surface area is 412 Å². The highest BCUT2D eigenvalue weighted by Gasteiger charge is 2.52. The molecule has 4 saturated heterocycles. The highest BCUT2D eigenvalue weighted by Crippen LogP contribution is 2.40. The van der Waals surface area contributed by atoms with Gasteiger partial charge in [-0.25, -0.2) is 19.6 Å². The molecule has 2 amide bonds. The quantitative estimate of drug-likeness (QED) is 0.0996. The van der Waals surface area contributed by atoms with E-state index in [4.69, 9.17) is 56.0 Å². The van der Waals surface area contributed by atoms with E-state index in [1.54, 1.807) is 21.9 Å². The molecule has 0 spiro atoms. The third kappa shape index (κ3) is 11.3. The molecule has 6 heterocycles. The molecule has 0 N–H and O–H groups in total. The topological polar surface area (TPSA) is 154 Å². The molecule has 4 aliphatic rings. The lowest BCUT2D eigenvalue weighted by Crippen LogP contribution is -2.67. The summed E-state index contributed by atoms with van der Waals surface area (Å²) in [6.45, 7) is 27.1. The summed E-state index contributed by atoms with van der Waals surface area (Å²) in [6, 6.07) is 23.4. The van der Waals surface area contributed by atoms with Crippen molar-refractivity contribution in [2.24, 2.45) is 0 Å². The fraction of sp³-hybridized carbons (Fsp3) is 0.542. The highest BCUT2D eigenvalue weighted by molar-refractivity contribution is 6.99. The van der Waals surface area contributed by atoms with Crippen LogP contribution < -0.4 is 30.0 Å². The Bertz CT molecular complexity index is 2310. The third-order valence-electron chi connectivity index (χ3n) is 13.4. The fourth-order valence-electron chi connectivity index (χ4n) is 8.55. The van der Waals surface area contributed by atoms with Crippen molar-refractivity contribution in [3.8, 4) is 0 Å². The molecule has 68 heavy (non-hydrogen) atoms. The van der Waals surface area contributed by atoms with E-state index in [0.717, 1.165) is 0 Å². The van der Waals surface area contributed by atoms with Gasteiger partial charge in [0.05, 0.1) is 39.6 Å². The predicted octanol–water partition coefficient (Wildman–Crippen LogP) is 7.96. The van der Waals surface area contributed by atoms with Gasteiger partial charge in [0, 0.05) is 38.3 Å². The van der Waals surface area contributed by atoms with Gasteiger partial charge in [-0.2, -0.15) is 9.97 Å². The molecule has 4 atom stereocenters. The number of ether oxygens (including phenoxy) is 4. The second kappa shape index (κ2) is 21.3. The second-order valence-electron chi connectivity index (χ2n) is 20.0. The van der Waals surface area contributed by atoms with E-state index >= 15 is 0 Å². The summed E-state index contributed by atoms with van der Waals surface area (Å²) in [7, 11) is -4.80. The van der Waals surface area contributed by atoms with E-state index in [1.807, 2.05) is 35.8 Å². The van der Waals surface area contributed by atoms with Gasteiger partial charge in [0.1, 0.15) is 46.2 Å². The molecular formula is C48H66Cl2N8O8Si2. The van der Waals surface area contributed by atoms with Gasteiger partial charge in [0.2, 0.25) is 11.9 Å². The molecule has 0 aliphatic carbocycles. The first kappa shape index (κ1) is 51.4. The van der Waals surface area contributed by atoms with Gasteiger partial charge in [0.25, 0.3) is 8.32 Å². The largest absolute Gasteiger partial charge is 0.444 e. The zero-order valence-corrected chi connectivity index (χ0v) is 44.4. The Morgan fingerprint density at radius 2 is 0.985 bits per heavy atom. The van der Waals surface area contributed by atoms with Crippen LogP contribution in [0.15, 0.2) is 72.8 Å². The minimum atomic E-state index is -2.82. The lowest BCUT2D eigenvalue weighted by molar-refractivity contribution is 0.122. The number of carbonyl (C=O) groups is 2. The first-order chi connectivity index (χ1) is 32.2. The van der Waals surface area contributed by atoms with Crippen molar-refractivity contribution in [1.29, 1.82) is 0 Å². The van der Waals surface area contributed by atoms with Crippen molar-refractivity contribution < 1.29 is 37.4 Å². The number of rotatable bonds is 12. The van der Waals surface area contributed by atoms with Gasteiger partial charge in [0.15, 0.2) is 8.32 Å². The van der Waals surface area contributed by atoms with Crippen molar-refractivity contribution in [2.75, 3.05) is 85.4 Å². The van der Waals surface area contributed by atoms with Gasteiger partial charge in [-0.1, -0.05) is 125 Å². The third-order valence-corrected chi connectivity index (χ3v) is 23.3. The summed E-state index contributed by atoms with van der Waals surface area (Å²) in [5.41, 5.74) is 0. The Kier molecular flexibility index (Phi) is 16.1. The van der Waals surface area contributed by atoms with Crippen molar-refractivity contribution >= 4 is 85.9 Å². The molecule has 8 rings (SSSR count). The molecule has 0 bridgehead atoms. The summed E-state index contributed by atoms with van der Waals surface area (Å²) in [5.74, 6) is 1.80. The Balaban J connectivity index is 0.000000211. The first-order valence-electron chi connectivity index (χ1n) is 23.3. The van der Waals surface area contributed by atoms with Gasteiger partial charge in [-0.15, -0.1) is 0 Å². The number of anilines is 4. The van der Waals surface area contributed by atoms with Crippen LogP contribution in [0, 0.1) is 0 Å². The molecule has 2 aromatic heterocycles. The van der Waals surface area contributed by atoms with Crippen molar-refractivity contribution in [1.82, 2.24) is 19.9 Å². The average molecular weight is 1010 g/mol. The molecule has 0 saturated carbocycles. The number of hydrogen-bond donors (Lipinski definition) is 0. The number of halogens is 2. The molecule has 2 aromatic carbocycles. The van der Waals surface area contributed by atoms with Crippen LogP contribution in [-0.4, -0.2) is 139 Å². The van der Waals surface area contributed by atoms with Crippen LogP contribution >= 0.6 is 23.2 Å². The SMILES string of the molecule is C[C@H]1OC(=O)N(c2cc(Cl)nc(N3CCOCC3)n2)[C@H]1CO[Si](C)(C)C(C)(C)C.C[C@H]1OC(=O)N(c2cc(Cl)nc(N3CCOCC3)n2)[C@H]1CO[Si](c1ccccc1)(c1ccccc1)C(C)(C)C. The number of carbonyl (C=O) groups excluding carboxylic acids is 2. The van der Waals surface area contributed by atoms with E-state index in [-0.39, 0.29) is 39.1 Å². The number of aromatic nitrogens is 4. The lowest BCUT2D eigenvalue weighted by Gasteiger charge is -2.44. The van der Waals surface area contributed by atoms with E-state index in [2.05, 4.69) is 118 Å². The normalized spacial score (nSPS) is 21.6. The number of benzene rings is 2. The molecule has 4 fully saturated rings. The second-order valence-corrected chi connectivity index (χ2v) is 29.9. The van der Waals surface area contributed by atoms with Crippen LogP contribution in [0.25, 0.3) is 0 Å². The summed E-state index contributed by atoms with van der Waals surface area (Å²) < 4.78 is 35.6. The van der Waals surface area contributed by atoms with Crippen molar-refractivity contribution in [2.45, 2.75) is 103 Å². The van der Waals surface area contributed by atoms with Crippen molar-refractivity contribution in [3.63, 3.8) is 0 Å². The maximum Gasteiger partial charge on any atom is 0.416 e. The fourth-order valence-corrected chi connectivity index (χ4v) is 14.5. The monoisotopic (exact) mass is 1010 g/mol. The van der Waals surface area contributed by atoms with E-state index in [1.165, 1.54) is 10.4 Å². The standard InChI is InChI=1S/C29H35ClN4O4Si.C19H31ClN4O4Si/c1-21-24(34(28(35)38-21)26-19-25(30)31-27(32-26)33-15-17-36-18-16-33)20-37-39(29(2,3)4,22-11-7-5-8-12-22)23-13-9-6-10-14-23;1-13-14(12-27-29(5,6)19(2,3)4)24(18(25)28-13)16-11-15(20)21-17(22-16)23-7-9-26-10-8-23/h5-14,19,21,24H,15-18,20H2,1-4H3;11,13-14H,7-10,12H2,1-6H3/t21-,24+;13-,14+/m11/s1. The van der Waals surface area contributed by atoms with Crippen LogP contribution in [0.4, 0.5) is 33.1 Å². The minimum Gasteiger partial charge on any atom is -0.444 e. The molecule has 368 valence electrons. The van der Waals surface area contributed by atoms with Crippen LogP contribution in [0.5, 0.6) is 0 Å². The van der Waals surface area contributed by atoms with Crippen molar-refractivity contribution in [3.05, 3.63) is 83.1 Å². The maximum absolute atomic E-state index is 13.2. The first-order valence-corrected chi connectivity index (χ1v) is 28.9. The Morgan fingerprint density at radius 3 is 1.35 bits per heavy atom. The van der Waals surface area contributed by atoms with Gasteiger partial charge < -0.3 is 37.6 Å². The zero-order chi connectivity index (χ0) is 49.0. The van der Waals surface area contributed by atoms with Crippen LogP contribution in [0.3, 0.4) is 0 Å². The predicted molar refractivity (Wildman–Crippen MR) is 271 cm³/mol. The number of morpholine rings is 2. The van der Waals surface area contributed by atoms with E-state index < -0.39 is 41.0 Å². The van der Waals surface area contributed by atoms with Crippen LogP contribution in [0.2, 0.25) is 33.5 Å². The highest BCUT2D eigenvalue weighted by atomic mass is 35.5. The maximum atomic E-state index is 13.2. The molecule has 0 radical (unpaired) electrons. The van der Waals surface area contributed by atoms with Gasteiger partial charge in [-0.3, -0.25) is 9.80 Å². The molecular weight excluding hydrogens is 944 g/mol. The minimum absolute atomic E-state index is 0.0757. The number of cyclic esters (lactones) is 2. The van der Waals surface area contributed by atoms with E-state index in [9.17, 15) is 9.59 Å². The van der Waals surface area contributed by atoms with E-state index in [0.29, 0.717) is 82.7 Å².